The lowest BCUT2D eigenvalue weighted by atomic mass is 9.56. The topological polar surface area (TPSA) is 12.0 Å². The van der Waals surface area contributed by atoms with Crippen LogP contribution in [-0.4, -0.2) is 12.6 Å². The highest BCUT2D eigenvalue weighted by Crippen LogP contribution is 2.53. The molecule has 2 unspecified atom stereocenters. The van der Waals surface area contributed by atoms with Crippen LogP contribution in [0.3, 0.4) is 0 Å². The minimum atomic E-state index is -0.177. The van der Waals surface area contributed by atoms with Crippen molar-refractivity contribution in [2.75, 3.05) is 6.54 Å². The van der Waals surface area contributed by atoms with Crippen LogP contribution in [0.4, 0.5) is 4.39 Å². The summed E-state index contributed by atoms with van der Waals surface area (Å²) in [5.74, 6) is 0.324. The van der Waals surface area contributed by atoms with Gasteiger partial charge in [0.2, 0.25) is 0 Å². The molecule has 1 aromatic rings. The number of halogens is 2. The molecule has 2 atom stereocenters. The van der Waals surface area contributed by atoms with Crippen molar-refractivity contribution in [3.8, 4) is 0 Å². The van der Waals surface area contributed by atoms with Crippen molar-refractivity contribution in [1.82, 2.24) is 5.32 Å². The van der Waals surface area contributed by atoms with Gasteiger partial charge in [-0.15, -0.1) is 0 Å². The van der Waals surface area contributed by atoms with E-state index < -0.39 is 0 Å². The normalized spacial score (nSPS) is 25.8. The second-order valence-electron chi connectivity index (χ2n) is 5.78. The summed E-state index contributed by atoms with van der Waals surface area (Å²) in [6.07, 6.45) is 2.30. The summed E-state index contributed by atoms with van der Waals surface area (Å²) < 4.78 is 14.0. The third-order valence-corrected chi connectivity index (χ3v) is 4.93. The van der Waals surface area contributed by atoms with E-state index in [1.807, 2.05) is 6.07 Å². The quantitative estimate of drug-likeness (QED) is 0.864. The van der Waals surface area contributed by atoms with Crippen molar-refractivity contribution >= 4 is 15.9 Å². The Morgan fingerprint density at radius 3 is 2.72 bits per heavy atom. The van der Waals surface area contributed by atoms with E-state index in [4.69, 9.17) is 0 Å². The molecule has 1 nitrogen and oxygen atoms in total. The van der Waals surface area contributed by atoms with Gasteiger partial charge >= 0.3 is 0 Å². The molecular formula is C15H21BrFN. The van der Waals surface area contributed by atoms with Crippen LogP contribution in [0.25, 0.3) is 0 Å². The molecule has 0 amide bonds. The van der Waals surface area contributed by atoms with E-state index in [0.717, 1.165) is 23.9 Å². The predicted octanol–water partition coefficient (Wildman–Crippen LogP) is 4.47. The molecule has 0 saturated heterocycles. The molecule has 0 aromatic heterocycles. The van der Waals surface area contributed by atoms with Gasteiger partial charge in [-0.05, 0) is 48.4 Å². The molecule has 3 heteroatoms. The van der Waals surface area contributed by atoms with Gasteiger partial charge in [0.15, 0.2) is 0 Å². The molecule has 1 fully saturated rings. The van der Waals surface area contributed by atoms with Crippen LogP contribution in [0, 0.1) is 11.2 Å². The standard InChI is InChI=1S/C15H21BrFN/c1-4-7-18-14-9-12(15(14,2)3)11-6-5-10(17)8-13(11)16/h5-6,8,12,14,18H,4,7,9H2,1-3H3. The second-order valence-corrected chi connectivity index (χ2v) is 6.64. The fourth-order valence-corrected chi connectivity index (χ4v) is 3.53. The maximum atomic E-state index is 13.1. The summed E-state index contributed by atoms with van der Waals surface area (Å²) in [7, 11) is 0. The summed E-state index contributed by atoms with van der Waals surface area (Å²) in [6.45, 7) is 7.85. The first-order valence-corrected chi connectivity index (χ1v) is 7.44. The van der Waals surface area contributed by atoms with Gasteiger partial charge in [0.25, 0.3) is 0 Å². The zero-order valence-corrected chi connectivity index (χ0v) is 12.8. The number of nitrogens with one attached hydrogen (secondary N) is 1. The Morgan fingerprint density at radius 1 is 1.44 bits per heavy atom. The van der Waals surface area contributed by atoms with E-state index in [2.05, 4.69) is 42.0 Å². The Bertz CT molecular complexity index is 431. The maximum Gasteiger partial charge on any atom is 0.124 e. The summed E-state index contributed by atoms with van der Waals surface area (Å²) in [5, 5.41) is 3.60. The zero-order chi connectivity index (χ0) is 13.3. The number of rotatable bonds is 4. The third-order valence-electron chi connectivity index (χ3n) is 4.25. The average molecular weight is 314 g/mol. The first-order chi connectivity index (χ1) is 8.46. The summed E-state index contributed by atoms with van der Waals surface area (Å²) in [4.78, 5) is 0. The lowest BCUT2D eigenvalue weighted by molar-refractivity contribution is 0.0690. The molecule has 2 rings (SSSR count). The van der Waals surface area contributed by atoms with Crippen LogP contribution in [0.2, 0.25) is 0 Å². The van der Waals surface area contributed by atoms with Crippen molar-refractivity contribution in [1.29, 1.82) is 0 Å². The van der Waals surface area contributed by atoms with Crippen LogP contribution in [0.1, 0.15) is 45.1 Å². The number of hydrogen-bond acceptors (Lipinski definition) is 1. The minimum Gasteiger partial charge on any atom is -0.313 e. The molecule has 100 valence electrons. The zero-order valence-electron chi connectivity index (χ0n) is 11.3. The van der Waals surface area contributed by atoms with Gasteiger partial charge in [0.1, 0.15) is 5.82 Å². The molecule has 1 aromatic carbocycles. The van der Waals surface area contributed by atoms with Gasteiger partial charge in [-0.2, -0.15) is 0 Å². The Labute approximate surface area is 117 Å². The molecule has 1 aliphatic carbocycles. The number of hydrogen-bond donors (Lipinski definition) is 1. The van der Waals surface area contributed by atoms with Crippen molar-refractivity contribution in [3.63, 3.8) is 0 Å². The molecule has 0 radical (unpaired) electrons. The predicted molar refractivity (Wildman–Crippen MR) is 77.3 cm³/mol. The maximum absolute atomic E-state index is 13.1. The van der Waals surface area contributed by atoms with Crippen molar-refractivity contribution in [2.45, 2.75) is 45.6 Å². The Hall–Kier alpha value is -0.410. The van der Waals surface area contributed by atoms with E-state index in [1.165, 1.54) is 5.56 Å². The molecule has 18 heavy (non-hydrogen) atoms. The molecule has 0 bridgehead atoms. The van der Waals surface area contributed by atoms with Crippen molar-refractivity contribution in [3.05, 3.63) is 34.1 Å². The highest BCUT2D eigenvalue weighted by Gasteiger charge is 2.48. The molecule has 1 saturated carbocycles. The van der Waals surface area contributed by atoms with Crippen LogP contribution in [0.5, 0.6) is 0 Å². The molecule has 1 aliphatic rings. The SMILES string of the molecule is CCCNC1CC(c2ccc(F)cc2Br)C1(C)C. The Balaban J connectivity index is 2.12. The van der Waals surface area contributed by atoms with E-state index in [9.17, 15) is 4.39 Å². The van der Waals surface area contributed by atoms with Gasteiger partial charge in [0.05, 0.1) is 0 Å². The van der Waals surface area contributed by atoms with E-state index in [0.29, 0.717) is 12.0 Å². The van der Waals surface area contributed by atoms with E-state index in [1.54, 1.807) is 12.1 Å². The summed E-state index contributed by atoms with van der Waals surface area (Å²) in [5.41, 5.74) is 1.46. The summed E-state index contributed by atoms with van der Waals surface area (Å²) >= 11 is 3.49. The van der Waals surface area contributed by atoms with Crippen molar-refractivity contribution < 1.29 is 4.39 Å². The van der Waals surface area contributed by atoms with Crippen LogP contribution >= 0.6 is 15.9 Å². The largest absolute Gasteiger partial charge is 0.313 e. The molecular weight excluding hydrogens is 293 g/mol. The average Bonchev–Trinajstić information content (AvgIpc) is 2.30. The fraction of sp³-hybridized carbons (Fsp3) is 0.600. The van der Waals surface area contributed by atoms with E-state index >= 15 is 0 Å². The van der Waals surface area contributed by atoms with Gasteiger partial charge in [-0.1, -0.05) is 42.8 Å². The lowest BCUT2D eigenvalue weighted by Gasteiger charge is -2.53. The lowest BCUT2D eigenvalue weighted by Crippen LogP contribution is -2.55. The Kier molecular flexibility index (Phi) is 4.12. The van der Waals surface area contributed by atoms with Crippen LogP contribution in [0.15, 0.2) is 22.7 Å². The Morgan fingerprint density at radius 2 is 2.17 bits per heavy atom. The molecule has 0 aliphatic heterocycles. The molecule has 1 N–H and O–H groups in total. The van der Waals surface area contributed by atoms with Gasteiger partial charge in [-0.25, -0.2) is 4.39 Å². The molecule has 0 spiro atoms. The summed E-state index contributed by atoms with van der Waals surface area (Å²) in [6, 6.07) is 5.61. The molecule has 0 heterocycles. The highest BCUT2D eigenvalue weighted by atomic mass is 79.9. The van der Waals surface area contributed by atoms with Crippen molar-refractivity contribution in [2.24, 2.45) is 5.41 Å². The second kappa shape index (κ2) is 5.30. The van der Waals surface area contributed by atoms with Crippen LogP contribution < -0.4 is 5.32 Å². The first kappa shape index (κ1) is 14.0. The van der Waals surface area contributed by atoms with Gasteiger partial charge in [-0.3, -0.25) is 0 Å². The monoisotopic (exact) mass is 313 g/mol. The van der Waals surface area contributed by atoms with Crippen LogP contribution in [-0.2, 0) is 0 Å². The highest BCUT2D eigenvalue weighted by molar-refractivity contribution is 9.10. The minimum absolute atomic E-state index is 0.177. The van der Waals surface area contributed by atoms with Gasteiger partial charge in [0, 0.05) is 10.5 Å². The van der Waals surface area contributed by atoms with E-state index in [-0.39, 0.29) is 11.2 Å². The smallest absolute Gasteiger partial charge is 0.124 e. The van der Waals surface area contributed by atoms with Gasteiger partial charge < -0.3 is 5.32 Å². The number of benzene rings is 1. The first-order valence-electron chi connectivity index (χ1n) is 6.65. The third kappa shape index (κ3) is 2.48. The fourth-order valence-electron chi connectivity index (χ4n) is 2.90.